The molecule has 1 heterocycles. The van der Waals surface area contributed by atoms with E-state index in [1.807, 2.05) is 13.8 Å². The summed E-state index contributed by atoms with van der Waals surface area (Å²) in [5, 5.41) is 8.67. The van der Waals surface area contributed by atoms with E-state index in [9.17, 15) is 9.59 Å². The van der Waals surface area contributed by atoms with Crippen LogP contribution in [0, 0.1) is 17.8 Å². The first-order valence-electron chi connectivity index (χ1n) is 6.71. The van der Waals surface area contributed by atoms with Crippen LogP contribution >= 0.6 is 11.3 Å². The lowest BCUT2D eigenvalue weighted by Crippen LogP contribution is -2.40. The fourth-order valence-corrected chi connectivity index (χ4v) is 2.58. The lowest BCUT2D eigenvalue weighted by atomic mass is 10.2. The van der Waals surface area contributed by atoms with Crippen LogP contribution in [-0.4, -0.2) is 41.5 Å². The molecule has 0 aromatic carbocycles. The molecule has 0 saturated carbocycles. The van der Waals surface area contributed by atoms with E-state index >= 15 is 0 Å². The van der Waals surface area contributed by atoms with Crippen molar-refractivity contribution in [1.82, 2.24) is 4.90 Å². The smallest absolute Gasteiger partial charge is 0.264 e. The Bertz CT molecular complexity index is 555. The number of carbonyl (C=O) groups excluding carboxylic acids is 2. The van der Waals surface area contributed by atoms with Crippen LogP contribution in [0.2, 0.25) is 0 Å². The summed E-state index contributed by atoms with van der Waals surface area (Å²) in [6.45, 7) is 4.36. The number of carbonyl (C=O) groups is 2. The minimum absolute atomic E-state index is 0.0188. The Morgan fingerprint density at radius 3 is 2.71 bits per heavy atom. The van der Waals surface area contributed by atoms with Crippen LogP contribution < -0.4 is 5.73 Å². The van der Waals surface area contributed by atoms with Crippen molar-refractivity contribution < 1.29 is 14.7 Å². The predicted molar refractivity (Wildman–Crippen MR) is 82.8 cm³/mol. The predicted octanol–water partition coefficient (Wildman–Crippen LogP) is 1.07. The second-order valence-corrected chi connectivity index (χ2v) is 6.07. The van der Waals surface area contributed by atoms with Gasteiger partial charge in [-0.3, -0.25) is 9.59 Å². The summed E-state index contributed by atoms with van der Waals surface area (Å²) in [6, 6.07) is 3.46. The zero-order valence-electron chi connectivity index (χ0n) is 12.3. The quantitative estimate of drug-likeness (QED) is 0.771. The second-order valence-electron chi connectivity index (χ2n) is 4.99. The molecule has 6 heteroatoms. The number of aliphatic hydroxyl groups excluding tert-OH is 1. The molecular weight excluding hydrogens is 288 g/mol. The molecule has 0 fully saturated rings. The molecule has 0 aliphatic carbocycles. The first-order chi connectivity index (χ1) is 9.93. The van der Waals surface area contributed by atoms with Gasteiger partial charge < -0.3 is 15.7 Å². The monoisotopic (exact) mass is 308 g/mol. The molecule has 2 amide bonds. The van der Waals surface area contributed by atoms with Crippen LogP contribution in [0.1, 0.15) is 34.8 Å². The minimum atomic E-state index is -0.525. The topological polar surface area (TPSA) is 83.6 Å². The number of hydrogen-bond acceptors (Lipinski definition) is 4. The number of hydrogen-bond donors (Lipinski definition) is 2. The number of nitrogens with zero attached hydrogens (tertiary/aromatic N) is 1. The van der Waals surface area contributed by atoms with Crippen LogP contribution in [0.5, 0.6) is 0 Å². The van der Waals surface area contributed by atoms with Gasteiger partial charge in [0.25, 0.3) is 5.91 Å². The summed E-state index contributed by atoms with van der Waals surface area (Å²) in [5.41, 5.74) is 5.20. The molecule has 0 radical (unpaired) electrons. The molecule has 21 heavy (non-hydrogen) atoms. The molecule has 3 N–H and O–H groups in total. The third kappa shape index (κ3) is 5.98. The normalized spacial score (nSPS) is 10.1. The maximum Gasteiger partial charge on any atom is 0.264 e. The van der Waals surface area contributed by atoms with E-state index in [2.05, 4.69) is 11.8 Å². The number of nitrogens with two attached hydrogens (primary N) is 1. The molecule has 1 aromatic rings. The molecule has 0 spiro atoms. The summed E-state index contributed by atoms with van der Waals surface area (Å²) >= 11 is 1.28. The zero-order chi connectivity index (χ0) is 15.8. The number of primary amides is 1. The van der Waals surface area contributed by atoms with E-state index < -0.39 is 5.91 Å². The van der Waals surface area contributed by atoms with Gasteiger partial charge in [-0.05, 0) is 18.1 Å². The average Bonchev–Trinajstić information content (AvgIpc) is 2.85. The van der Waals surface area contributed by atoms with Crippen molar-refractivity contribution in [3.8, 4) is 11.8 Å². The fraction of sp³-hybridized carbons (Fsp3) is 0.467. The molecular formula is C15H20N2O3S. The molecule has 114 valence electrons. The average molecular weight is 308 g/mol. The van der Waals surface area contributed by atoms with Gasteiger partial charge in [0.05, 0.1) is 22.9 Å². The summed E-state index contributed by atoms with van der Waals surface area (Å²) in [6.07, 6.45) is 0.405. The van der Waals surface area contributed by atoms with Crippen LogP contribution in [0.15, 0.2) is 12.1 Å². The van der Waals surface area contributed by atoms with Gasteiger partial charge in [-0.2, -0.15) is 0 Å². The van der Waals surface area contributed by atoms with Crippen LogP contribution in [0.25, 0.3) is 0 Å². The van der Waals surface area contributed by atoms with Gasteiger partial charge in [0.2, 0.25) is 5.91 Å². The number of thiophene rings is 1. The summed E-state index contributed by atoms with van der Waals surface area (Å²) in [7, 11) is 0. The molecule has 0 unspecified atom stereocenters. The van der Waals surface area contributed by atoms with Crippen molar-refractivity contribution in [2.24, 2.45) is 11.7 Å². The molecule has 1 aromatic heterocycles. The molecule has 5 nitrogen and oxygen atoms in total. The molecule has 1 rings (SSSR count). The zero-order valence-corrected chi connectivity index (χ0v) is 13.1. The van der Waals surface area contributed by atoms with E-state index in [4.69, 9.17) is 10.8 Å². The van der Waals surface area contributed by atoms with Crippen molar-refractivity contribution in [1.29, 1.82) is 0 Å². The lowest BCUT2D eigenvalue weighted by molar-refractivity contribution is -0.118. The number of rotatable bonds is 6. The fourth-order valence-electron chi connectivity index (χ4n) is 1.73. The molecule has 0 aliphatic heterocycles. The van der Waals surface area contributed by atoms with Crippen molar-refractivity contribution in [3.63, 3.8) is 0 Å². The Morgan fingerprint density at radius 2 is 2.14 bits per heavy atom. The van der Waals surface area contributed by atoms with E-state index in [0.717, 1.165) is 4.88 Å². The first-order valence-corrected chi connectivity index (χ1v) is 7.52. The Hall–Kier alpha value is -1.84. The van der Waals surface area contributed by atoms with Crippen molar-refractivity contribution in [2.45, 2.75) is 20.3 Å². The first kappa shape index (κ1) is 17.2. The van der Waals surface area contributed by atoms with E-state index in [-0.39, 0.29) is 25.0 Å². The van der Waals surface area contributed by atoms with Crippen LogP contribution in [0.3, 0.4) is 0 Å². The Kier molecular flexibility index (Phi) is 6.92. The third-order valence-corrected chi connectivity index (χ3v) is 3.47. The summed E-state index contributed by atoms with van der Waals surface area (Å²) < 4.78 is 0. The third-order valence-electron chi connectivity index (χ3n) is 2.48. The van der Waals surface area contributed by atoms with Gasteiger partial charge in [0.1, 0.15) is 0 Å². The second kappa shape index (κ2) is 8.45. The highest BCUT2D eigenvalue weighted by molar-refractivity contribution is 7.14. The van der Waals surface area contributed by atoms with E-state index in [1.165, 1.54) is 16.2 Å². The molecule has 0 saturated heterocycles. The van der Waals surface area contributed by atoms with Gasteiger partial charge in [-0.25, -0.2) is 0 Å². The molecule has 0 bridgehead atoms. The number of amides is 2. The number of aliphatic hydroxyl groups is 1. The van der Waals surface area contributed by atoms with Gasteiger partial charge >= 0.3 is 0 Å². The highest BCUT2D eigenvalue weighted by Gasteiger charge is 2.20. The summed E-state index contributed by atoms with van der Waals surface area (Å²) in [4.78, 5) is 26.2. The van der Waals surface area contributed by atoms with Gasteiger partial charge in [0, 0.05) is 13.0 Å². The van der Waals surface area contributed by atoms with E-state index in [0.29, 0.717) is 17.8 Å². The summed E-state index contributed by atoms with van der Waals surface area (Å²) in [5.74, 6) is 5.21. The minimum Gasteiger partial charge on any atom is -0.395 e. The maximum absolute atomic E-state index is 12.4. The van der Waals surface area contributed by atoms with Gasteiger partial charge in [-0.15, -0.1) is 11.3 Å². The van der Waals surface area contributed by atoms with Crippen molar-refractivity contribution in [3.05, 3.63) is 21.9 Å². The van der Waals surface area contributed by atoms with Crippen LogP contribution in [0.4, 0.5) is 0 Å². The molecule has 0 atom stereocenters. The Balaban J connectivity index is 2.84. The highest BCUT2D eigenvalue weighted by Crippen LogP contribution is 2.18. The standard InChI is InChI=1S/C15H20N2O3S/c1-11(2)9-17(10-14(16)19)15(20)13-7-6-12(21-13)5-3-4-8-18/h6-7,11,18H,4,8-10H2,1-2H3,(H2,16,19). The molecule has 0 aliphatic rings. The Morgan fingerprint density at radius 1 is 1.43 bits per heavy atom. The van der Waals surface area contributed by atoms with Gasteiger partial charge in [-0.1, -0.05) is 25.7 Å². The van der Waals surface area contributed by atoms with Crippen LogP contribution in [-0.2, 0) is 4.79 Å². The lowest BCUT2D eigenvalue weighted by Gasteiger charge is -2.22. The Labute approximate surface area is 128 Å². The highest BCUT2D eigenvalue weighted by atomic mass is 32.1. The SMILES string of the molecule is CC(C)CN(CC(N)=O)C(=O)c1ccc(C#CCCO)s1. The van der Waals surface area contributed by atoms with Crippen molar-refractivity contribution >= 4 is 23.2 Å². The van der Waals surface area contributed by atoms with Gasteiger partial charge in [0.15, 0.2) is 0 Å². The maximum atomic E-state index is 12.4. The van der Waals surface area contributed by atoms with Crippen molar-refractivity contribution in [2.75, 3.05) is 19.7 Å². The largest absolute Gasteiger partial charge is 0.395 e. The van der Waals surface area contributed by atoms with E-state index in [1.54, 1.807) is 12.1 Å².